The highest BCUT2D eigenvalue weighted by atomic mass is 79.9. The third-order valence-corrected chi connectivity index (χ3v) is 4.03. The molecule has 0 aliphatic carbocycles. The number of amides is 1. The highest BCUT2D eigenvalue weighted by molar-refractivity contribution is 9.10. The number of benzene rings is 1. The molecule has 2 nitrogen and oxygen atoms in total. The smallest absolute Gasteiger partial charge is 0.230 e. The lowest BCUT2D eigenvalue weighted by Crippen LogP contribution is -2.25. The first-order valence-corrected chi connectivity index (χ1v) is 7.68. The van der Waals surface area contributed by atoms with Crippen molar-refractivity contribution in [2.24, 2.45) is 0 Å². The SMILES string of the molecule is C/C=C/CCNC(=O)CSc1ccc(Br)cc1C. The Kier molecular flexibility index (Phi) is 7.13. The molecule has 0 aliphatic heterocycles. The van der Waals surface area contributed by atoms with E-state index in [0.29, 0.717) is 12.3 Å². The molecular weight excluding hydrogens is 310 g/mol. The van der Waals surface area contributed by atoms with Crippen LogP contribution in [0.5, 0.6) is 0 Å². The van der Waals surface area contributed by atoms with Crippen LogP contribution in [-0.2, 0) is 4.79 Å². The van der Waals surface area contributed by atoms with Crippen molar-refractivity contribution in [2.45, 2.75) is 25.2 Å². The Morgan fingerprint density at radius 2 is 2.28 bits per heavy atom. The van der Waals surface area contributed by atoms with Crippen LogP contribution in [0, 0.1) is 6.92 Å². The average Bonchev–Trinajstić information content (AvgIpc) is 2.33. The Labute approximate surface area is 121 Å². The van der Waals surface area contributed by atoms with Crippen molar-refractivity contribution in [3.63, 3.8) is 0 Å². The Morgan fingerprint density at radius 3 is 2.94 bits per heavy atom. The van der Waals surface area contributed by atoms with Crippen molar-refractivity contribution in [3.05, 3.63) is 40.4 Å². The fourth-order valence-corrected chi connectivity index (χ4v) is 2.75. The van der Waals surface area contributed by atoms with Crippen LogP contribution in [0.4, 0.5) is 0 Å². The summed E-state index contributed by atoms with van der Waals surface area (Å²) in [5.41, 5.74) is 1.19. The van der Waals surface area contributed by atoms with Gasteiger partial charge in [0.15, 0.2) is 0 Å². The summed E-state index contributed by atoms with van der Waals surface area (Å²) in [6, 6.07) is 6.10. The average molecular weight is 328 g/mol. The predicted octanol–water partition coefficient (Wildman–Crippen LogP) is 3.93. The largest absolute Gasteiger partial charge is 0.355 e. The molecule has 0 aliphatic rings. The van der Waals surface area contributed by atoms with Crippen LogP contribution in [-0.4, -0.2) is 18.2 Å². The Bertz CT molecular complexity index is 432. The van der Waals surface area contributed by atoms with Crippen molar-refractivity contribution >= 4 is 33.6 Å². The molecule has 0 bridgehead atoms. The molecule has 18 heavy (non-hydrogen) atoms. The van der Waals surface area contributed by atoms with Gasteiger partial charge in [0.05, 0.1) is 5.75 Å². The van der Waals surface area contributed by atoms with E-state index in [1.165, 1.54) is 5.56 Å². The summed E-state index contributed by atoms with van der Waals surface area (Å²) in [7, 11) is 0. The number of rotatable bonds is 6. The molecule has 98 valence electrons. The van der Waals surface area contributed by atoms with Gasteiger partial charge >= 0.3 is 0 Å². The van der Waals surface area contributed by atoms with E-state index in [0.717, 1.165) is 15.8 Å². The van der Waals surface area contributed by atoms with E-state index in [1.54, 1.807) is 11.8 Å². The second-order valence-corrected chi connectivity index (χ2v) is 5.84. The zero-order chi connectivity index (χ0) is 13.4. The van der Waals surface area contributed by atoms with Gasteiger partial charge in [-0.2, -0.15) is 0 Å². The molecule has 0 spiro atoms. The quantitative estimate of drug-likeness (QED) is 0.487. The minimum absolute atomic E-state index is 0.0896. The molecule has 0 heterocycles. The van der Waals surface area contributed by atoms with E-state index in [4.69, 9.17) is 0 Å². The van der Waals surface area contributed by atoms with Crippen LogP contribution in [0.3, 0.4) is 0 Å². The summed E-state index contributed by atoms with van der Waals surface area (Å²) in [5, 5.41) is 2.90. The van der Waals surface area contributed by atoms with Crippen molar-refractivity contribution < 1.29 is 4.79 Å². The van der Waals surface area contributed by atoms with E-state index < -0.39 is 0 Å². The second-order valence-electron chi connectivity index (χ2n) is 3.91. The van der Waals surface area contributed by atoms with Crippen molar-refractivity contribution in [2.75, 3.05) is 12.3 Å². The number of thioether (sulfide) groups is 1. The number of aryl methyl sites for hydroxylation is 1. The summed E-state index contributed by atoms with van der Waals surface area (Å²) in [5.74, 6) is 0.560. The predicted molar refractivity (Wildman–Crippen MR) is 82.0 cm³/mol. The lowest BCUT2D eigenvalue weighted by molar-refractivity contribution is -0.118. The lowest BCUT2D eigenvalue weighted by Gasteiger charge is -2.06. The van der Waals surface area contributed by atoms with Crippen LogP contribution in [0.1, 0.15) is 18.9 Å². The first kappa shape index (κ1) is 15.3. The summed E-state index contributed by atoms with van der Waals surface area (Å²) in [4.78, 5) is 12.7. The van der Waals surface area contributed by atoms with Crippen LogP contribution >= 0.6 is 27.7 Å². The van der Waals surface area contributed by atoms with Crippen LogP contribution in [0.2, 0.25) is 0 Å². The first-order valence-electron chi connectivity index (χ1n) is 5.90. The van der Waals surface area contributed by atoms with Crippen LogP contribution in [0.25, 0.3) is 0 Å². The highest BCUT2D eigenvalue weighted by Gasteiger charge is 2.04. The maximum absolute atomic E-state index is 11.6. The molecule has 1 aromatic carbocycles. The molecule has 0 fully saturated rings. The van der Waals surface area contributed by atoms with Gasteiger partial charge < -0.3 is 5.32 Å². The molecule has 1 amide bonds. The number of halogens is 1. The van der Waals surface area contributed by atoms with Gasteiger partial charge in [-0.3, -0.25) is 4.79 Å². The summed E-state index contributed by atoms with van der Waals surface area (Å²) >= 11 is 5.01. The van der Waals surface area contributed by atoms with Gasteiger partial charge in [0.1, 0.15) is 0 Å². The molecule has 0 radical (unpaired) electrons. The van der Waals surface area contributed by atoms with Gasteiger partial charge in [0.2, 0.25) is 5.91 Å². The molecule has 1 aromatic rings. The van der Waals surface area contributed by atoms with Gasteiger partial charge in [-0.15, -0.1) is 11.8 Å². The van der Waals surface area contributed by atoms with E-state index >= 15 is 0 Å². The van der Waals surface area contributed by atoms with Crippen molar-refractivity contribution in [3.8, 4) is 0 Å². The first-order chi connectivity index (χ1) is 8.63. The monoisotopic (exact) mass is 327 g/mol. The summed E-state index contributed by atoms with van der Waals surface area (Å²) < 4.78 is 1.07. The van der Waals surface area contributed by atoms with Gasteiger partial charge in [-0.25, -0.2) is 0 Å². The van der Waals surface area contributed by atoms with Gasteiger partial charge in [0, 0.05) is 15.9 Å². The van der Waals surface area contributed by atoms with Gasteiger partial charge in [-0.05, 0) is 44.0 Å². The maximum Gasteiger partial charge on any atom is 0.230 e. The number of carbonyl (C=O) groups is 1. The Hall–Kier alpha value is -0.740. The number of carbonyl (C=O) groups excluding carboxylic acids is 1. The lowest BCUT2D eigenvalue weighted by atomic mass is 10.2. The van der Waals surface area contributed by atoms with Gasteiger partial charge in [0.25, 0.3) is 0 Å². The summed E-state index contributed by atoms with van der Waals surface area (Å²) in [6.45, 7) is 4.74. The van der Waals surface area contributed by atoms with E-state index in [9.17, 15) is 4.79 Å². The van der Waals surface area contributed by atoms with Crippen molar-refractivity contribution in [1.82, 2.24) is 5.32 Å². The zero-order valence-electron chi connectivity index (χ0n) is 10.7. The molecule has 0 atom stereocenters. The fourth-order valence-electron chi connectivity index (χ4n) is 1.43. The molecule has 1 rings (SSSR count). The topological polar surface area (TPSA) is 29.1 Å². The number of hydrogen-bond donors (Lipinski definition) is 1. The van der Waals surface area contributed by atoms with E-state index in [-0.39, 0.29) is 5.91 Å². The molecule has 0 saturated heterocycles. The number of nitrogens with one attached hydrogen (secondary N) is 1. The van der Waals surface area contributed by atoms with Gasteiger partial charge in [-0.1, -0.05) is 28.1 Å². The zero-order valence-corrected chi connectivity index (χ0v) is 13.1. The molecule has 0 aromatic heterocycles. The Balaban J connectivity index is 2.33. The molecule has 0 unspecified atom stereocenters. The van der Waals surface area contributed by atoms with E-state index in [2.05, 4.69) is 34.2 Å². The minimum atomic E-state index is 0.0896. The Morgan fingerprint density at radius 1 is 1.50 bits per heavy atom. The summed E-state index contributed by atoms with van der Waals surface area (Å²) in [6.07, 6.45) is 4.93. The standard InChI is InChI=1S/C14H18BrNOS/c1-3-4-5-8-16-14(17)10-18-13-7-6-12(15)9-11(13)2/h3-4,6-7,9H,5,8,10H2,1-2H3,(H,16,17)/b4-3+. The normalized spacial score (nSPS) is 10.8. The second kappa shape index (κ2) is 8.38. The molecule has 0 saturated carbocycles. The third-order valence-electron chi connectivity index (χ3n) is 2.36. The number of hydrogen-bond acceptors (Lipinski definition) is 2. The number of allylic oxidation sites excluding steroid dienone is 1. The fraction of sp³-hybridized carbons (Fsp3) is 0.357. The van der Waals surface area contributed by atoms with Crippen molar-refractivity contribution in [1.29, 1.82) is 0 Å². The minimum Gasteiger partial charge on any atom is -0.355 e. The molecular formula is C14H18BrNOS. The molecule has 1 N–H and O–H groups in total. The highest BCUT2D eigenvalue weighted by Crippen LogP contribution is 2.24. The third kappa shape index (κ3) is 5.74. The van der Waals surface area contributed by atoms with Crippen LogP contribution < -0.4 is 5.32 Å². The molecule has 4 heteroatoms. The van der Waals surface area contributed by atoms with E-state index in [1.807, 2.05) is 31.2 Å². The maximum atomic E-state index is 11.6. The van der Waals surface area contributed by atoms with Crippen LogP contribution in [0.15, 0.2) is 39.7 Å².